The molecule has 0 fully saturated rings. The molecule has 0 aliphatic carbocycles. The number of aromatic nitrogens is 1. The van der Waals surface area contributed by atoms with Crippen LogP contribution in [0.4, 0.5) is 10.8 Å². The summed E-state index contributed by atoms with van der Waals surface area (Å²) < 4.78 is 0. The van der Waals surface area contributed by atoms with E-state index < -0.39 is 10.8 Å². The summed E-state index contributed by atoms with van der Waals surface area (Å²) in [4.78, 5) is 27.3. The second-order valence-electron chi connectivity index (χ2n) is 4.60. The molecular formula is C13H12ClN3O3S. The molecule has 1 aromatic heterocycles. The maximum absolute atomic E-state index is 12.1. The van der Waals surface area contributed by atoms with E-state index in [1.54, 1.807) is 6.20 Å². The van der Waals surface area contributed by atoms with Crippen LogP contribution in [0.1, 0.15) is 35.0 Å². The number of carbonyl (C=O) groups is 1. The average Bonchev–Trinajstić information content (AvgIpc) is 2.87. The highest BCUT2D eigenvalue weighted by molar-refractivity contribution is 7.15. The molecule has 0 aliphatic rings. The van der Waals surface area contributed by atoms with E-state index in [1.165, 1.54) is 23.5 Å². The third-order valence-electron chi connectivity index (χ3n) is 2.72. The lowest BCUT2D eigenvalue weighted by Gasteiger charge is -2.04. The fraction of sp³-hybridized carbons (Fsp3) is 0.231. The third-order valence-corrected chi connectivity index (χ3v) is 4.25. The van der Waals surface area contributed by atoms with E-state index in [4.69, 9.17) is 11.6 Å². The molecule has 0 unspecified atom stereocenters. The topological polar surface area (TPSA) is 85.1 Å². The number of nitro groups is 1. The zero-order chi connectivity index (χ0) is 15.6. The van der Waals surface area contributed by atoms with E-state index in [2.05, 4.69) is 10.3 Å². The van der Waals surface area contributed by atoms with Crippen LogP contribution in [0.25, 0.3) is 0 Å². The van der Waals surface area contributed by atoms with Crippen LogP contribution in [-0.4, -0.2) is 15.8 Å². The lowest BCUT2D eigenvalue weighted by molar-refractivity contribution is -0.384. The summed E-state index contributed by atoms with van der Waals surface area (Å²) in [5.41, 5.74) is 0.0106. The van der Waals surface area contributed by atoms with E-state index in [0.29, 0.717) is 11.0 Å². The van der Waals surface area contributed by atoms with E-state index in [-0.39, 0.29) is 16.3 Å². The van der Waals surface area contributed by atoms with Gasteiger partial charge in [-0.2, -0.15) is 0 Å². The minimum absolute atomic E-state index is 0.0299. The van der Waals surface area contributed by atoms with Gasteiger partial charge in [0.2, 0.25) is 0 Å². The van der Waals surface area contributed by atoms with Gasteiger partial charge >= 0.3 is 0 Å². The molecule has 1 amide bonds. The fourth-order valence-electron chi connectivity index (χ4n) is 1.58. The Labute approximate surface area is 129 Å². The molecule has 0 atom stereocenters. The number of carbonyl (C=O) groups excluding carboxylic acids is 1. The molecule has 1 N–H and O–H groups in total. The molecule has 0 aliphatic heterocycles. The maximum atomic E-state index is 12.1. The number of anilines is 1. The van der Waals surface area contributed by atoms with Crippen molar-refractivity contribution in [2.45, 2.75) is 19.8 Å². The van der Waals surface area contributed by atoms with Gasteiger partial charge in [-0.1, -0.05) is 25.4 Å². The number of amides is 1. The van der Waals surface area contributed by atoms with Gasteiger partial charge in [0.15, 0.2) is 5.13 Å². The second kappa shape index (κ2) is 6.19. The van der Waals surface area contributed by atoms with Crippen molar-refractivity contribution < 1.29 is 9.72 Å². The van der Waals surface area contributed by atoms with Crippen LogP contribution in [0, 0.1) is 10.1 Å². The van der Waals surface area contributed by atoms with Gasteiger partial charge in [-0.3, -0.25) is 20.2 Å². The number of nitro benzene ring substituents is 1. The Morgan fingerprint density at radius 2 is 2.19 bits per heavy atom. The highest BCUT2D eigenvalue weighted by Gasteiger charge is 2.16. The molecule has 0 radical (unpaired) electrons. The van der Waals surface area contributed by atoms with E-state index >= 15 is 0 Å². The third kappa shape index (κ3) is 3.56. The number of thiazole rings is 1. The van der Waals surface area contributed by atoms with Crippen molar-refractivity contribution in [2.24, 2.45) is 0 Å². The first kappa shape index (κ1) is 15.4. The van der Waals surface area contributed by atoms with Crippen molar-refractivity contribution in [1.29, 1.82) is 0 Å². The quantitative estimate of drug-likeness (QED) is 0.678. The zero-order valence-corrected chi connectivity index (χ0v) is 12.9. The minimum Gasteiger partial charge on any atom is -0.298 e. The number of rotatable bonds is 4. The summed E-state index contributed by atoms with van der Waals surface area (Å²) in [7, 11) is 0. The van der Waals surface area contributed by atoms with Gasteiger partial charge in [-0.25, -0.2) is 4.98 Å². The van der Waals surface area contributed by atoms with Gasteiger partial charge in [0.25, 0.3) is 11.6 Å². The molecular weight excluding hydrogens is 314 g/mol. The molecule has 8 heteroatoms. The van der Waals surface area contributed by atoms with Crippen LogP contribution in [0.2, 0.25) is 5.02 Å². The maximum Gasteiger partial charge on any atom is 0.270 e. The lowest BCUT2D eigenvalue weighted by atomic mass is 10.2. The van der Waals surface area contributed by atoms with Crippen molar-refractivity contribution in [3.63, 3.8) is 0 Å². The second-order valence-corrected chi connectivity index (χ2v) is 6.07. The molecule has 110 valence electrons. The van der Waals surface area contributed by atoms with E-state index in [0.717, 1.165) is 10.9 Å². The molecule has 6 nitrogen and oxygen atoms in total. The number of hydrogen-bond acceptors (Lipinski definition) is 5. The molecule has 2 aromatic rings. The molecule has 1 heterocycles. The van der Waals surface area contributed by atoms with Crippen molar-refractivity contribution in [3.8, 4) is 0 Å². The van der Waals surface area contributed by atoms with Gasteiger partial charge in [0.1, 0.15) is 0 Å². The number of hydrogen-bond donors (Lipinski definition) is 1. The van der Waals surface area contributed by atoms with Crippen LogP contribution in [0.3, 0.4) is 0 Å². The first-order valence-electron chi connectivity index (χ1n) is 6.09. The molecule has 0 saturated heterocycles. The predicted molar refractivity (Wildman–Crippen MR) is 82.3 cm³/mol. The summed E-state index contributed by atoms with van der Waals surface area (Å²) in [5.74, 6) is -0.115. The number of benzene rings is 1. The standard InChI is InChI=1S/C13H12ClN3O3S/c1-7(2)11-6-15-13(21-11)16-12(18)9-4-3-8(17(19)20)5-10(9)14/h3-7H,1-2H3,(H,15,16,18). The van der Waals surface area contributed by atoms with Crippen molar-refractivity contribution in [3.05, 3.63) is 50.0 Å². The number of non-ortho nitro benzene ring substituents is 1. The monoisotopic (exact) mass is 325 g/mol. The molecule has 0 spiro atoms. The summed E-state index contributed by atoms with van der Waals surface area (Å²) >= 11 is 7.29. The largest absolute Gasteiger partial charge is 0.298 e. The Hall–Kier alpha value is -1.99. The van der Waals surface area contributed by atoms with Crippen LogP contribution >= 0.6 is 22.9 Å². The highest BCUT2D eigenvalue weighted by atomic mass is 35.5. The van der Waals surface area contributed by atoms with Crippen LogP contribution in [0.15, 0.2) is 24.4 Å². The first-order chi connectivity index (χ1) is 9.88. The predicted octanol–water partition coefficient (Wildman–Crippen LogP) is 4.08. The Balaban J connectivity index is 2.18. The summed E-state index contributed by atoms with van der Waals surface area (Å²) in [5, 5.41) is 13.8. The zero-order valence-electron chi connectivity index (χ0n) is 11.3. The summed E-state index contributed by atoms with van der Waals surface area (Å²) in [6.07, 6.45) is 1.71. The van der Waals surface area contributed by atoms with Gasteiger partial charge < -0.3 is 0 Å². The number of nitrogens with zero attached hydrogens (tertiary/aromatic N) is 2. The van der Waals surface area contributed by atoms with Gasteiger partial charge in [-0.05, 0) is 12.0 Å². The minimum atomic E-state index is -0.566. The Kier molecular flexibility index (Phi) is 4.54. The molecule has 0 bridgehead atoms. The van der Waals surface area contributed by atoms with Gasteiger partial charge in [-0.15, -0.1) is 11.3 Å². The van der Waals surface area contributed by atoms with Gasteiger partial charge in [0.05, 0.1) is 15.5 Å². The summed E-state index contributed by atoms with van der Waals surface area (Å²) in [6.45, 7) is 4.07. The Bertz CT molecular complexity index is 700. The molecule has 1 aromatic carbocycles. The first-order valence-corrected chi connectivity index (χ1v) is 7.29. The van der Waals surface area contributed by atoms with Crippen LogP contribution < -0.4 is 5.32 Å². The van der Waals surface area contributed by atoms with E-state index in [1.807, 2.05) is 13.8 Å². The van der Waals surface area contributed by atoms with Crippen LogP contribution in [0.5, 0.6) is 0 Å². The van der Waals surface area contributed by atoms with E-state index in [9.17, 15) is 14.9 Å². The lowest BCUT2D eigenvalue weighted by Crippen LogP contribution is -2.12. The van der Waals surface area contributed by atoms with Crippen molar-refractivity contribution in [1.82, 2.24) is 4.98 Å². The molecule has 21 heavy (non-hydrogen) atoms. The normalized spacial score (nSPS) is 10.7. The number of halogens is 1. The smallest absolute Gasteiger partial charge is 0.270 e. The highest BCUT2D eigenvalue weighted by Crippen LogP contribution is 2.27. The Morgan fingerprint density at radius 1 is 1.48 bits per heavy atom. The van der Waals surface area contributed by atoms with Crippen molar-refractivity contribution >= 4 is 39.7 Å². The fourth-order valence-corrected chi connectivity index (χ4v) is 2.65. The Morgan fingerprint density at radius 3 is 2.71 bits per heavy atom. The average molecular weight is 326 g/mol. The molecule has 2 rings (SSSR count). The SMILES string of the molecule is CC(C)c1cnc(NC(=O)c2ccc([N+](=O)[O-])cc2Cl)s1. The van der Waals surface area contributed by atoms with Crippen molar-refractivity contribution in [2.75, 3.05) is 5.32 Å². The van der Waals surface area contributed by atoms with Gasteiger partial charge in [0, 0.05) is 23.2 Å². The summed E-state index contributed by atoms with van der Waals surface area (Å²) in [6, 6.07) is 3.72. The molecule has 0 saturated carbocycles. The number of nitrogens with one attached hydrogen (secondary N) is 1. The van der Waals surface area contributed by atoms with Crippen LogP contribution in [-0.2, 0) is 0 Å².